The lowest BCUT2D eigenvalue weighted by Crippen LogP contribution is -2.35. The Kier molecular flexibility index (Phi) is 5.15. The molecule has 0 aliphatic rings. The van der Waals surface area contributed by atoms with Gasteiger partial charge in [0.25, 0.3) is 0 Å². The molecule has 0 aliphatic carbocycles. The summed E-state index contributed by atoms with van der Waals surface area (Å²) in [5, 5.41) is 11.8. The van der Waals surface area contributed by atoms with Crippen LogP contribution in [0.4, 0.5) is 5.69 Å². The first-order valence-corrected chi connectivity index (χ1v) is 5.83. The maximum Gasteiger partial charge on any atom is 0.239 e. The Bertz CT molecular complexity index is 465. The zero-order chi connectivity index (χ0) is 13.5. The summed E-state index contributed by atoms with van der Waals surface area (Å²) in [6, 6.07) is 7.57. The summed E-state index contributed by atoms with van der Waals surface area (Å²) in [6.07, 6.45) is 0. The van der Waals surface area contributed by atoms with Crippen molar-refractivity contribution in [3.8, 4) is 6.07 Å². The third kappa shape index (κ3) is 3.47. The topological polar surface area (TPSA) is 82.2 Å². The maximum atomic E-state index is 11.5. The molecule has 1 aromatic rings. The van der Waals surface area contributed by atoms with E-state index in [1.165, 1.54) is 0 Å². The second-order valence-electron chi connectivity index (χ2n) is 3.98. The molecule has 0 aromatic heterocycles. The summed E-state index contributed by atoms with van der Waals surface area (Å²) in [6.45, 7) is 3.10. The first-order valence-electron chi connectivity index (χ1n) is 5.83. The van der Waals surface area contributed by atoms with E-state index < -0.39 is 0 Å². The Hall–Kier alpha value is -2.06. The predicted octanol–water partition coefficient (Wildman–Crippen LogP) is 0.589. The fraction of sp³-hybridized carbons (Fsp3) is 0.385. The molecular formula is C13H18N4O. The average Bonchev–Trinajstić information content (AvgIpc) is 2.38. The molecule has 1 rings (SSSR count). The summed E-state index contributed by atoms with van der Waals surface area (Å²) >= 11 is 0. The quantitative estimate of drug-likeness (QED) is 0.796. The van der Waals surface area contributed by atoms with E-state index in [0.717, 1.165) is 11.3 Å². The van der Waals surface area contributed by atoms with Gasteiger partial charge in [-0.3, -0.25) is 4.79 Å². The number of benzene rings is 1. The molecule has 0 radical (unpaired) electrons. The van der Waals surface area contributed by atoms with E-state index in [1.54, 1.807) is 18.0 Å². The smallest absolute Gasteiger partial charge is 0.239 e. The van der Waals surface area contributed by atoms with E-state index in [1.807, 2.05) is 19.1 Å². The van der Waals surface area contributed by atoms with E-state index in [9.17, 15) is 4.79 Å². The molecule has 3 N–H and O–H groups in total. The summed E-state index contributed by atoms with van der Waals surface area (Å²) in [5.41, 5.74) is 7.71. The van der Waals surface area contributed by atoms with Crippen LogP contribution in [0.15, 0.2) is 18.2 Å². The molecule has 5 heteroatoms. The molecule has 0 unspecified atom stereocenters. The average molecular weight is 246 g/mol. The SMILES string of the molecule is CCNC(=O)CN(C)c1ccc(CN)cc1C#N. The van der Waals surface area contributed by atoms with Gasteiger partial charge >= 0.3 is 0 Å². The molecule has 0 aliphatic heterocycles. The summed E-state index contributed by atoms with van der Waals surface area (Å²) in [4.78, 5) is 13.2. The first-order chi connectivity index (χ1) is 8.62. The minimum atomic E-state index is -0.0632. The molecule has 0 fully saturated rings. The molecule has 96 valence electrons. The van der Waals surface area contributed by atoms with Gasteiger partial charge in [0.2, 0.25) is 5.91 Å². The Morgan fingerprint density at radius 3 is 2.83 bits per heavy atom. The minimum Gasteiger partial charge on any atom is -0.364 e. The lowest BCUT2D eigenvalue weighted by Gasteiger charge is -2.20. The molecule has 0 bridgehead atoms. The van der Waals surface area contributed by atoms with Gasteiger partial charge in [-0.25, -0.2) is 0 Å². The molecule has 1 amide bonds. The van der Waals surface area contributed by atoms with Crippen LogP contribution in [-0.2, 0) is 11.3 Å². The van der Waals surface area contributed by atoms with Crippen molar-refractivity contribution < 1.29 is 4.79 Å². The van der Waals surface area contributed by atoms with Gasteiger partial charge in [-0.1, -0.05) is 6.07 Å². The Labute approximate surface area is 107 Å². The van der Waals surface area contributed by atoms with E-state index in [2.05, 4.69) is 11.4 Å². The van der Waals surface area contributed by atoms with Gasteiger partial charge in [0.15, 0.2) is 0 Å². The van der Waals surface area contributed by atoms with Crippen LogP contribution in [0.3, 0.4) is 0 Å². The summed E-state index contributed by atoms with van der Waals surface area (Å²) < 4.78 is 0. The lowest BCUT2D eigenvalue weighted by atomic mass is 10.1. The van der Waals surface area contributed by atoms with Crippen molar-refractivity contribution in [3.63, 3.8) is 0 Å². The number of rotatable bonds is 5. The highest BCUT2D eigenvalue weighted by Crippen LogP contribution is 2.20. The van der Waals surface area contributed by atoms with Crippen LogP contribution in [0, 0.1) is 11.3 Å². The fourth-order valence-corrected chi connectivity index (χ4v) is 1.69. The fourth-order valence-electron chi connectivity index (χ4n) is 1.69. The van der Waals surface area contributed by atoms with Crippen molar-refractivity contribution in [2.45, 2.75) is 13.5 Å². The van der Waals surface area contributed by atoms with Gasteiger partial charge in [-0.15, -0.1) is 0 Å². The number of amides is 1. The molecule has 0 saturated heterocycles. The summed E-state index contributed by atoms with van der Waals surface area (Å²) in [7, 11) is 1.79. The highest BCUT2D eigenvalue weighted by molar-refractivity contribution is 5.81. The highest BCUT2D eigenvalue weighted by atomic mass is 16.1. The van der Waals surface area contributed by atoms with Crippen LogP contribution in [0.5, 0.6) is 0 Å². The van der Waals surface area contributed by atoms with E-state index in [-0.39, 0.29) is 12.5 Å². The zero-order valence-corrected chi connectivity index (χ0v) is 10.7. The number of hydrogen-bond acceptors (Lipinski definition) is 4. The number of nitriles is 1. The first kappa shape index (κ1) is 14.0. The van der Waals surface area contributed by atoms with Crippen LogP contribution in [0.25, 0.3) is 0 Å². The van der Waals surface area contributed by atoms with Crippen molar-refractivity contribution in [1.29, 1.82) is 5.26 Å². The number of carbonyl (C=O) groups excluding carboxylic acids is 1. The van der Waals surface area contributed by atoms with Crippen molar-refractivity contribution >= 4 is 11.6 Å². The number of anilines is 1. The molecule has 5 nitrogen and oxygen atoms in total. The van der Waals surface area contributed by atoms with Crippen molar-refractivity contribution in [3.05, 3.63) is 29.3 Å². The number of nitrogens with zero attached hydrogens (tertiary/aromatic N) is 2. The Morgan fingerprint density at radius 2 is 2.28 bits per heavy atom. The van der Waals surface area contributed by atoms with Gasteiger partial charge in [0, 0.05) is 20.1 Å². The van der Waals surface area contributed by atoms with Crippen LogP contribution < -0.4 is 16.0 Å². The molecular weight excluding hydrogens is 228 g/mol. The van der Waals surface area contributed by atoms with Crippen LogP contribution >= 0.6 is 0 Å². The van der Waals surface area contributed by atoms with Crippen molar-refractivity contribution in [1.82, 2.24) is 5.32 Å². The molecule has 0 heterocycles. The van der Waals surface area contributed by atoms with Crippen LogP contribution in [-0.4, -0.2) is 26.0 Å². The second kappa shape index (κ2) is 6.62. The predicted molar refractivity (Wildman–Crippen MR) is 71.0 cm³/mol. The number of nitrogens with one attached hydrogen (secondary N) is 1. The van der Waals surface area contributed by atoms with E-state index >= 15 is 0 Å². The summed E-state index contributed by atoms with van der Waals surface area (Å²) in [5.74, 6) is -0.0632. The Balaban J connectivity index is 2.89. The molecule has 0 saturated carbocycles. The zero-order valence-electron chi connectivity index (χ0n) is 10.7. The number of hydrogen-bond donors (Lipinski definition) is 2. The van der Waals surface area contributed by atoms with E-state index in [0.29, 0.717) is 18.7 Å². The van der Waals surface area contributed by atoms with E-state index in [4.69, 9.17) is 11.0 Å². The maximum absolute atomic E-state index is 11.5. The van der Waals surface area contributed by atoms with Gasteiger partial charge in [0.1, 0.15) is 6.07 Å². The monoisotopic (exact) mass is 246 g/mol. The second-order valence-corrected chi connectivity index (χ2v) is 3.98. The standard InChI is InChI=1S/C13H18N4O/c1-3-16-13(18)9-17(2)12-5-4-10(7-14)6-11(12)8-15/h4-6H,3,7,9,14H2,1-2H3,(H,16,18). The highest BCUT2D eigenvalue weighted by Gasteiger charge is 2.11. The largest absolute Gasteiger partial charge is 0.364 e. The van der Waals surface area contributed by atoms with Gasteiger partial charge in [-0.2, -0.15) is 5.26 Å². The normalized spacial score (nSPS) is 9.67. The molecule has 18 heavy (non-hydrogen) atoms. The Morgan fingerprint density at radius 1 is 1.56 bits per heavy atom. The van der Waals surface area contributed by atoms with Crippen molar-refractivity contribution in [2.24, 2.45) is 5.73 Å². The number of likely N-dealkylation sites (N-methyl/N-ethyl adjacent to an activating group) is 2. The molecule has 0 spiro atoms. The third-order valence-corrected chi connectivity index (χ3v) is 2.58. The minimum absolute atomic E-state index is 0.0632. The van der Waals surface area contributed by atoms with Crippen LogP contribution in [0.1, 0.15) is 18.1 Å². The lowest BCUT2D eigenvalue weighted by molar-refractivity contribution is -0.119. The molecule has 1 aromatic carbocycles. The van der Waals surface area contributed by atoms with Gasteiger partial charge in [-0.05, 0) is 24.6 Å². The number of nitrogens with two attached hydrogens (primary N) is 1. The van der Waals surface area contributed by atoms with Crippen molar-refractivity contribution in [2.75, 3.05) is 25.0 Å². The van der Waals surface area contributed by atoms with Gasteiger partial charge in [0.05, 0.1) is 17.8 Å². The number of carbonyl (C=O) groups is 1. The van der Waals surface area contributed by atoms with Crippen LogP contribution in [0.2, 0.25) is 0 Å². The molecule has 0 atom stereocenters. The van der Waals surface area contributed by atoms with Gasteiger partial charge < -0.3 is 16.0 Å². The third-order valence-electron chi connectivity index (χ3n) is 2.58.